The summed E-state index contributed by atoms with van der Waals surface area (Å²) in [4.78, 5) is 19.7. The minimum atomic E-state index is -3.93. The highest BCUT2D eigenvalue weighted by Gasteiger charge is 2.26. The molecule has 0 fully saturated rings. The van der Waals surface area contributed by atoms with Crippen molar-refractivity contribution in [2.75, 3.05) is 7.11 Å². The molecule has 2 aromatic heterocycles. The lowest BCUT2D eigenvalue weighted by atomic mass is 10.1. The van der Waals surface area contributed by atoms with Crippen molar-refractivity contribution in [1.82, 2.24) is 14.3 Å². The van der Waals surface area contributed by atoms with Crippen LogP contribution in [0.25, 0.3) is 10.9 Å². The van der Waals surface area contributed by atoms with Gasteiger partial charge in [0.25, 0.3) is 5.56 Å². The fourth-order valence-corrected chi connectivity index (χ4v) is 4.87. The van der Waals surface area contributed by atoms with E-state index in [0.717, 1.165) is 5.39 Å². The monoisotopic (exact) mass is 469 g/mol. The molecule has 0 bridgehead atoms. The molecule has 0 amide bonds. The second kappa shape index (κ2) is 9.12. The van der Waals surface area contributed by atoms with Crippen LogP contribution in [0.3, 0.4) is 0 Å². The van der Waals surface area contributed by atoms with Crippen LogP contribution in [0.15, 0.2) is 82.7 Å². The topological polar surface area (TPSA) is 92.4 Å². The molecule has 0 aliphatic heterocycles. The average Bonchev–Trinajstić information content (AvgIpc) is 2.79. The molecule has 0 unspecified atom stereocenters. The third-order valence-electron chi connectivity index (χ3n) is 5.01. The van der Waals surface area contributed by atoms with Crippen LogP contribution in [-0.4, -0.2) is 29.8 Å². The van der Waals surface area contributed by atoms with E-state index < -0.39 is 10.0 Å². The Kier molecular flexibility index (Phi) is 6.27. The number of halogens is 1. The normalized spacial score (nSPS) is 11.7. The number of methoxy groups -OCH3 is 1. The minimum absolute atomic E-state index is 0.0500. The Morgan fingerprint density at radius 1 is 1.06 bits per heavy atom. The number of pyridine rings is 2. The van der Waals surface area contributed by atoms with E-state index in [0.29, 0.717) is 27.4 Å². The number of benzene rings is 2. The first-order valence-corrected chi connectivity index (χ1v) is 11.5. The van der Waals surface area contributed by atoms with Crippen LogP contribution in [0.1, 0.15) is 11.1 Å². The molecule has 1 N–H and O–H groups in total. The molecule has 0 atom stereocenters. The summed E-state index contributed by atoms with van der Waals surface area (Å²) in [5.41, 5.74) is 1.29. The smallest absolute Gasteiger partial charge is 0.252 e. The first-order chi connectivity index (χ1) is 15.4. The molecule has 0 aliphatic carbocycles. The number of nitrogens with one attached hydrogen (secondary N) is 1. The van der Waals surface area contributed by atoms with Gasteiger partial charge >= 0.3 is 0 Å². The number of hydrogen-bond acceptors (Lipinski definition) is 5. The molecule has 0 spiro atoms. The van der Waals surface area contributed by atoms with E-state index in [2.05, 4.69) is 9.97 Å². The predicted octanol–water partition coefficient (Wildman–Crippen LogP) is 3.98. The van der Waals surface area contributed by atoms with Gasteiger partial charge in [-0.25, -0.2) is 8.42 Å². The van der Waals surface area contributed by atoms with Gasteiger partial charge in [0.2, 0.25) is 10.0 Å². The molecule has 0 saturated carbocycles. The molecular formula is C23H20ClN3O4S. The molecule has 2 aromatic carbocycles. The maximum Gasteiger partial charge on any atom is 0.252 e. The van der Waals surface area contributed by atoms with Gasteiger partial charge in [0.1, 0.15) is 5.75 Å². The number of rotatable bonds is 7. The second-order valence-electron chi connectivity index (χ2n) is 7.17. The Balaban J connectivity index is 1.77. The third-order valence-corrected chi connectivity index (χ3v) is 7.07. The summed E-state index contributed by atoms with van der Waals surface area (Å²) in [6.45, 7) is -0.0727. The zero-order valence-corrected chi connectivity index (χ0v) is 18.7. The molecule has 0 aliphatic rings. The largest absolute Gasteiger partial charge is 0.497 e. The summed E-state index contributed by atoms with van der Waals surface area (Å²) in [6, 6.07) is 16.4. The molecule has 7 nitrogen and oxygen atoms in total. The van der Waals surface area contributed by atoms with E-state index in [1.807, 2.05) is 0 Å². The Morgan fingerprint density at radius 2 is 1.84 bits per heavy atom. The molecule has 32 heavy (non-hydrogen) atoms. The maximum absolute atomic E-state index is 13.5. The van der Waals surface area contributed by atoms with E-state index in [4.69, 9.17) is 16.3 Å². The first kappa shape index (κ1) is 22.0. The molecule has 9 heteroatoms. The first-order valence-electron chi connectivity index (χ1n) is 9.71. The number of aromatic nitrogens is 2. The fraction of sp³-hybridized carbons (Fsp3) is 0.130. The van der Waals surface area contributed by atoms with Crippen LogP contribution >= 0.6 is 11.6 Å². The van der Waals surface area contributed by atoms with Gasteiger partial charge in [0.15, 0.2) is 0 Å². The second-order valence-corrected chi connectivity index (χ2v) is 9.54. The summed E-state index contributed by atoms with van der Waals surface area (Å²) in [7, 11) is -2.37. The van der Waals surface area contributed by atoms with Crippen molar-refractivity contribution in [3.8, 4) is 5.75 Å². The van der Waals surface area contributed by atoms with E-state index in [-0.39, 0.29) is 23.5 Å². The van der Waals surface area contributed by atoms with Gasteiger partial charge in [-0.05, 0) is 60.2 Å². The standard InChI is InChI=1S/C23H20ClN3O4S/c1-31-20-6-9-22-17(12-20)11-18(23(28)26-22)15-27(14-16-3-2-10-25-13-16)32(29,30)21-7-4-19(24)5-8-21/h2-13H,14-15H2,1H3,(H,26,28). The lowest BCUT2D eigenvalue weighted by molar-refractivity contribution is 0.399. The molecule has 164 valence electrons. The van der Waals surface area contributed by atoms with Crippen LogP contribution in [0.2, 0.25) is 5.02 Å². The van der Waals surface area contributed by atoms with Crippen LogP contribution in [-0.2, 0) is 23.1 Å². The maximum atomic E-state index is 13.5. The van der Waals surface area contributed by atoms with Crippen molar-refractivity contribution in [3.05, 3.63) is 99.6 Å². The number of aromatic amines is 1. The summed E-state index contributed by atoms with van der Waals surface area (Å²) in [5.74, 6) is 0.636. The quantitative estimate of drug-likeness (QED) is 0.442. The van der Waals surface area contributed by atoms with E-state index >= 15 is 0 Å². The zero-order chi connectivity index (χ0) is 22.7. The third kappa shape index (κ3) is 4.67. The van der Waals surface area contributed by atoms with Crippen LogP contribution in [0, 0.1) is 0 Å². The van der Waals surface area contributed by atoms with Crippen molar-refractivity contribution in [3.63, 3.8) is 0 Å². The number of H-pyrrole nitrogens is 1. The van der Waals surface area contributed by atoms with Gasteiger partial charge in [-0.3, -0.25) is 9.78 Å². The molecular weight excluding hydrogens is 450 g/mol. The predicted molar refractivity (Wildman–Crippen MR) is 123 cm³/mol. The molecule has 2 heterocycles. The van der Waals surface area contributed by atoms with Gasteiger partial charge < -0.3 is 9.72 Å². The number of hydrogen-bond donors (Lipinski definition) is 1. The Morgan fingerprint density at radius 3 is 2.53 bits per heavy atom. The van der Waals surface area contributed by atoms with Gasteiger partial charge in [-0.2, -0.15) is 4.31 Å². The van der Waals surface area contributed by atoms with E-state index in [1.165, 1.54) is 28.6 Å². The Bertz CT molecular complexity index is 1410. The van der Waals surface area contributed by atoms with Crippen molar-refractivity contribution in [1.29, 1.82) is 0 Å². The summed E-state index contributed by atoms with van der Waals surface area (Å²) in [6.07, 6.45) is 3.21. The highest BCUT2D eigenvalue weighted by Crippen LogP contribution is 2.24. The lowest BCUT2D eigenvalue weighted by Gasteiger charge is -2.22. The van der Waals surface area contributed by atoms with Crippen molar-refractivity contribution < 1.29 is 13.2 Å². The summed E-state index contributed by atoms with van der Waals surface area (Å²) >= 11 is 5.93. The van der Waals surface area contributed by atoms with Crippen molar-refractivity contribution in [2.24, 2.45) is 0 Å². The summed E-state index contributed by atoms with van der Waals surface area (Å²) in [5, 5.41) is 1.17. The zero-order valence-electron chi connectivity index (χ0n) is 17.2. The van der Waals surface area contributed by atoms with Crippen LogP contribution in [0.5, 0.6) is 5.75 Å². The highest BCUT2D eigenvalue weighted by atomic mass is 35.5. The fourth-order valence-electron chi connectivity index (χ4n) is 3.34. The number of ether oxygens (including phenoxy) is 1. The molecule has 0 radical (unpaired) electrons. The molecule has 4 aromatic rings. The minimum Gasteiger partial charge on any atom is -0.497 e. The van der Waals surface area contributed by atoms with Crippen LogP contribution in [0.4, 0.5) is 0 Å². The van der Waals surface area contributed by atoms with E-state index in [9.17, 15) is 13.2 Å². The molecule has 0 saturated heterocycles. The van der Waals surface area contributed by atoms with Crippen LogP contribution < -0.4 is 10.3 Å². The SMILES string of the molecule is COc1ccc2[nH]c(=O)c(CN(Cc3cccnc3)S(=O)(=O)c3ccc(Cl)cc3)cc2c1. The summed E-state index contributed by atoms with van der Waals surface area (Å²) < 4.78 is 33.4. The van der Waals surface area contributed by atoms with E-state index in [1.54, 1.807) is 55.9 Å². The number of nitrogens with zero attached hydrogens (tertiary/aromatic N) is 2. The van der Waals surface area contributed by atoms with Crippen molar-refractivity contribution >= 4 is 32.5 Å². The average molecular weight is 470 g/mol. The van der Waals surface area contributed by atoms with Gasteiger partial charge in [0, 0.05) is 47.0 Å². The highest BCUT2D eigenvalue weighted by molar-refractivity contribution is 7.89. The molecule has 4 rings (SSSR count). The lowest BCUT2D eigenvalue weighted by Crippen LogP contribution is -2.32. The van der Waals surface area contributed by atoms with Gasteiger partial charge in [-0.1, -0.05) is 17.7 Å². The number of sulfonamides is 1. The number of fused-ring (bicyclic) bond motifs is 1. The van der Waals surface area contributed by atoms with Gasteiger partial charge in [-0.15, -0.1) is 0 Å². The van der Waals surface area contributed by atoms with Gasteiger partial charge in [0.05, 0.1) is 12.0 Å². The Labute approximate surface area is 190 Å². The Hall–Kier alpha value is -3.20. The van der Waals surface area contributed by atoms with Crippen molar-refractivity contribution in [2.45, 2.75) is 18.0 Å².